The minimum atomic E-state index is -0.769. The summed E-state index contributed by atoms with van der Waals surface area (Å²) in [6, 6.07) is 3.20. The van der Waals surface area contributed by atoms with E-state index in [2.05, 4.69) is 9.72 Å². The molecule has 0 aliphatic heterocycles. The normalized spacial score (nSPS) is 11.0. The Morgan fingerprint density at radius 3 is 2.45 bits per heavy atom. The number of pyridine rings is 1. The predicted molar refractivity (Wildman–Crippen MR) is 73.1 cm³/mol. The molecule has 1 heterocycles. The third-order valence-electron chi connectivity index (χ3n) is 3.06. The first-order chi connectivity index (χ1) is 9.42. The number of amides is 1. The van der Waals surface area contributed by atoms with Crippen LogP contribution in [0.2, 0.25) is 0 Å². The van der Waals surface area contributed by atoms with E-state index in [1.807, 2.05) is 0 Å². The second-order valence-electron chi connectivity index (χ2n) is 4.99. The second kappa shape index (κ2) is 7.00. The van der Waals surface area contributed by atoms with Crippen molar-refractivity contribution in [2.75, 3.05) is 20.3 Å². The van der Waals surface area contributed by atoms with Gasteiger partial charge in [0.2, 0.25) is 0 Å². The van der Waals surface area contributed by atoms with E-state index in [0.29, 0.717) is 5.56 Å². The summed E-state index contributed by atoms with van der Waals surface area (Å²) < 4.78 is 4.58. The van der Waals surface area contributed by atoms with Crippen LogP contribution in [0, 0.1) is 0 Å². The monoisotopic (exact) mass is 280 g/mol. The number of rotatable bonds is 6. The van der Waals surface area contributed by atoms with E-state index in [0.717, 1.165) is 0 Å². The quantitative estimate of drug-likeness (QED) is 0.782. The van der Waals surface area contributed by atoms with Crippen LogP contribution in [0.1, 0.15) is 30.6 Å². The topological polar surface area (TPSA) is 79.7 Å². The lowest BCUT2D eigenvalue weighted by molar-refractivity contribution is -0.141. The molecule has 6 heteroatoms. The van der Waals surface area contributed by atoms with Crippen molar-refractivity contribution in [2.24, 2.45) is 0 Å². The van der Waals surface area contributed by atoms with Gasteiger partial charge < -0.3 is 14.7 Å². The van der Waals surface area contributed by atoms with E-state index < -0.39 is 11.5 Å². The zero-order valence-corrected chi connectivity index (χ0v) is 12.0. The van der Waals surface area contributed by atoms with Gasteiger partial charge in [-0.15, -0.1) is 0 Å². The lowest BCUT2D eigenvalue weighted by Crippen LogP contribution is -2.51. The highest BCUT2D eigenvalue weighted by molar-refractivity contribution is 5.94. The molecule has 1 amide bonds. The van der Waals surface area contributed by atoms with Crippen molar-refractivity contribution in [3.05, 3.63) is 30.1 Å². The Labute approximate surface area is 118 Å². The Morgan fingerprint density at radius 1 is 1.35 bits per heavy atom. The van der Waals surface area contributed by atoms with Crippen LogP contribution in [0.15, 0.2) is 24.5 Å². The Kier molecular flexibility index (Phi) is 5.64. The summed E-state index contributed by atoms with van der Waals surface area (Å²) in [5, 5.41) is 9.46. The summed E-state index contributed by atoms with van der Waals surface area (Å²) in [5.41, 5.74) is -0.305. The van der Waals surface area contributed by atoms with Crippen molar-refractivity contribution >= 4 is 11.9 Å². The summed E-state index contributed by atoms with van der Waals surface area (Å²) in [6.45, 7) is 3.46. The molecule has 20 heavy (non-hydrogen) atoms. The van der Waals surface area contributed by atoms with Gasteiger partial charge >= 0.3 is 5.97 Å². The van der Waals surface area contributed by atoms with Crippen molar-refractivity contribution in [3.63, 3.8) is 0 Å². The second-order valence-corrected chi connectivity index (χ2v) is 4.99. The number of aromatic nitrogens is 1. The van der Waals surface area contributed by atoms with Crippen molar-refractivity contribution in [1.82, 2.24) is 9.88 Å². The van der Waals surface area contributed by atoms with E-state index in [1.165, 1.54) is 24.4 Å². The maximum atomic E-state index is 12.5. The molecular formula is C14H20N2O4. The maximum absolute atomic E-state index is 12.5. The average Bonchev–Trinajstić information content (AvgIpc) is 2.47. The molecule has 0 bridgehead atoms. The number of methoxy groups -OCH3 is 1. The molecule has 0 aliphatic carbocycles. The van der Waals surface area contributed by atoms with E-state index in [9.17, 15) is 14.7 Å². The van der Waals surface area contributed by atoms with E-state index in [-0.39, 0.29) is 25.5 Å². The molecule has 0 atom stereocenters. The molecule has 0 aliphatic rings. The van der Waals surface area contributed by atoms with Crippen LogP contribution in [0.3, 0.4) is 0 Å². The summed E-state index contributed by atoms with van der Waals surface area (Å²) in [4.78, 5) is 29.1. The molecule has 0 aromatic carbocycles. The number of carbonyl (C=O) groups excluding carboxylic acids is 2. The van der Waals surface area contributed by atoms with Crippen LogP contribution < -0.4 is 0 Å². The molecule has 1 N–H and O–H groups in total. The van der Waals surface area contributed by atoms with Gasteiger partial charge in [0.05, 0.1) is 25.7 Å². The highest BCUT2D eigenvalue weighted by Gasteiger charge is 2.31. The molecule has 0 spiro atoms. The van der Waals surface area contributed by atoms with Crippen LogP contribution in [-0.2, 0) is 9.53 Å². The fourth-order valence-electron chi connectivity index (χ4n) is 1.72. The number of aliphatic hydroxyl groups is 1. The van der Waals surface area contributed by atoms with Gasteiger partial charge in [0.15, 0.2) is 0 Å². The highest BCUT2D eigenvalue weighted by atomic mass is 16.5. The van der Waals surface area contributed by atoms with Crippen LogP contribution in [0.4, 0.5) is 0 Å². The van der Waals surface area contributed by atoms with Crippen molar-refractivity contribution in [1.29, 1.82) is 0 Å². The summed E-state index contributed by atoms with van der Waals surface area (Å²) >= 11 is 0. The van der Waals surface area contributed by atoms with Gasteiger partial charge in [-0.2, -0.15) is 0 Å². The number of hydrogen-bond acceptors (Lipinski definition) is 5. The van der Waals surface area contributed by atoms with E-state index >= 15 is 0 Å². The highest BCUT2D eigenvalue weighted by Crippen LogP contribution is 2.18. The zero-order chi connectivity index (χ0) is 15.2. The van der Waals surface area contributed by atoms with Gasteiger partial charge in [-0.1, -0.05) is 0 Å². The lowest BCUT2D eigenvalue weighted by atomic mass is 10.0. The number of aliphatic hydroxyl groups excluding tert-OH is 1. The number of carbonyl (C=O) groups is 2. The molecule has 1 rings (SSSR count). The van der Waals surface area contributed by atoms with E-state index in [1.54, 1.807) is 26.0 Å². The van der Waals surface area contributed by atoms with Gasteiger partial charge in [0, 0.05) is 24.5 Å². The van der Waals surface area contributed by atoms with Crippen molar-refractivity contribution in [3.8, 4) is 0 Å². The molecule has 0 unspecified atom stereocenters. The molecule has 1 aromatic rings. The molecule has 0 saturated carbocycles. The minimum absolute atomic E-state index is 0.0801. The largest absolute Gasteiger partial charge is 0.469 e. The predicted octanol–water partition coefficient (Wildman–Crippen LogP) is 0.858. The van der Waals surface area contributed by atoms with Gasteiger partial charge in [-0.05, 0) is 26.0 Å². The molecule has 0 radical (unpaired) electrons. The number of ether oxygens (including phenoxy) is 1. The summed E-state index contributed by atoms with van der Waals surface area (Å²) in [5.74, 6) is -0.651. The third kappa shape index (κ3) is 4.03. The van der Waals surface area contributed by atoms with Crippen LogP contribution >= 0.6 is 0 Å². The van der Waals surface area contributed by atoms with Crippen LogP contribution in [0.5, 0.6) is 0 Å². The molecule has 6 nitrogen and oxygen atoms in total. The summed E-state index contributed by atoms with van der Waals surface area (Å²) in [7, 11) is 1.30. The zero-order valence-electron chi connectivity index (χ0n) is 12.0. The van der Waals surface area contributed by atoms with Crippen molar-refractivity contribution < 1.29 is 19.4 Å². The van der Waals surface area contributed by atoms with Gasteiger partial charge in [-0.3, -0.25) is 14.6 Å². The first-order valence-corrected chi connectivity index (χ1v) is 6.32. The first-order valence-electron chi connectivity index (χ1n) is 6.32. The SMILES string of the molecule is COC(=O)CCN(C(=O)c1ccncc1)C(C)(C)CO. The van der Waals surface area contributed by atoms with Gasteiger partial charge in [0.25, 0.3) is 5.91 Å². The minimum Gasteiger partial charge on any atom is -0.469 e. The molecule has 0 fully saturated rings. The van der Waals surface area contributed by atoms with Crippen LogP contribution in [0.25, 0.3) is 0 Å². The molecule has 1 aromatic heterocycles. The third-order valence-corrected chi connectivity index (χ3v) is 3.06. The Bertz CT molecular complexity index is 460. The number of nitrogens with zero attached hydrogens (tertiary/aromatic N) is 2. The Hall–Kier alpha value is -1.95. The molecular weight excluding hydrogens is 260 g/mol. The fraction of sp³-hybridized carbons (Fsp3) is 0.500. The molecule has 0 saturated heterocycles. The fourth-order valence-corrected chi connectivity index (χ4v) is 1.72. The van der Waals surface area contributed by atoms with Crippen LogP contribution in [-0.4, -0.2) is 52.7 Å². The Morgan fingerprint density at radius 2 is 1.95 bits per heavy atom. The van der Waals surface area contributed by atoms with Crippen molar-refractivity contribution in [2.45, 2.75) is 25.8 Å². The van der Waals surface area contributed by atoms with Gasteiger partial charge in [-0.25, -0.2) is 0 Å². The standard InChI is InChI=1S/C14H20N2O4/c1-14(2,10-17)16(9-6-12(18)20-3)13(19)11-4-7-15-8-5-11/h4-5,7-8,17H,6,9-10H2,1-3H3. The Balaban J connectivity index is 2.93. The number of hydrogen-bond donors (Lipinski definition) is 1. The average molecular weight is 280 g/mol. The number of esters is 1. The smallest absolute Gasteiger partial charge is 0.307 e. The first kappa shape index (κ1) is 16.1. The van der Waals surface area contributed by atoms with E-state index in [4.69, 9.17) is 0 Å². The lowest BCUT2D eigenvalue weighted by Gasteiger charge is -2.37. The maximum Gasteiger partial charge on any atom is 0.307 e. The molecule has 110 valence electrons. The summed E-state index contributed by atoms with van der Waals surface area (Å²) in [6.07, 6.45) is 3.13. The van der Waals surface area contributed by atoms with Gasteiger partial charge in [0.1, 0.15) is 0 Å².